The van der Waals surface area contributed by atoms with Gasteiger partial charge in [0, 0.05) is 18.8 Å². The van der Waals surface area contributed by atoms with E-state index < -0.39 is 38.2 Å². The minimum atomic E-state index is -4.33. The van der Waals surface area contributed by atoms with Gasteiger partial charge in [0.2, 0.25) is 0 Å². The van der Waals surface area contributed by atoms with E-state index in [1.165, 1.54) is 0 Å². The second-order valence-electron chi connectivity index (χ2n) is 8.15. The van der Waals surface area contributed by atoms with Gasteiger partial charge in [-0.3, -0.25) is 4.72 Å². The van der Waals surface area contributed by atoms with Gasteiger partial charge in [-0.1, -0.05) is 12.1 Å². The Morgan fingerprint density at radius 3 is 2.57 bits per heavy atom. The van der Waals surface area contributed by atoms with Crippen LogP contribution in [0.4, 0.5) is 19.3 Å². The number of ether oxygens (including phenoxy) is 1. The van der Waals surface area contributed by atoms with Crippen LogP contribution in [0.25, 0.3) is 0 Å². The van der Waals surface area contributed by atoms with Crippen LogP contribution in [0.2, 0.25) is 0 Å². The number of hydrogen-bond donors (Lipinski definition) is 1. The number of nitrogens with zero attached hydrogens (tertiary/aromatic N) is 1. The van der Waals surface area contributed by atoms with E-state index in [4.69, 9.17) is 4.74 Å². The molecular formula is C21H24F2N2O4S. The smallest absolute Gasteiger partial charge is 0.410 e. The van der Waals surface area contributed by atoms with E-state index in [1.54, 1.807) is 43.9 Å². The molecule has 0 saturated heterocycles. The average Bonchev–Trinajstić information content (AvgIpc) is 2.84. The summed E-state index contributed by atoms with van der Waals surface area (Å²) in [6.07, 6.45) is 1.02. The number of anilines is 1. The van der Waals surface area contributed by atoms with Crippen LogP contribution in [0.15, 0.2) is 41.3 Å². The molecule has 1 heterocycles. The van der Waals surface area contributed by atoms with Crippen molar-refractivity contribution in [2.75, 3.05) is 11.3 Å². The summed E-state index contributed by atoms with van der Waals surface area (Å²) >= 11 is 0. The third-order valence-electron chi connectivity index (χ3n) is 4.55. The Kier molecular flexibility index (Phi) is 6.03. The first-order valence-electron chi connectivity index (χ1n) is 9.53. The van der Waals surface area contributed by atoms with Crippen LogP contribution in [0.5, 0.6) is 0 Å². The van der Waals surface area contributed by atoms with Crippen LogP contribution in [-0.2, 0) is 27.7 Å². The van der Waals surface area contributed by atoms with Crippen molar-refractivity contribution in [3.05, 3.63) is 59.2 Å². The lowest BCUT2D eigenvalue weighted by atomic mass is 10.0. The van der Waals surface area contributed by atoms with Crippen LogP contribution in [0.3, 0.4) is 0 Å². The molecule has 0 aliphatic carbocycles. The van der Waals surface area contributed by atoms with Crippen molar-refractivity contribution in [1.82, 2.24) is 4.90 Å². The third-order valence-corrected chi connectivity index (χ3v) is 5.95. The van der Waals surface area contributed by atoms with Gasteiger partial charge in [-0.2, -0.15) is 0 Å². The molecule has 1 aliphatic rings. The highest BCUT2D eigenvalue weighted by Gasteiger charge is 2.26. The lowest BCUT2D eigenvalue weighted by Gasteiger charge is -2.26. The van der Waals surface area contributed by atoms with Gasteiger partial charge in [0.1, 0.15) is 10.5 Å². The summed E-state index contributed by atoms with van der Waals surface area (Å²) in [6.45, 7) is 6.13. The van der Waals surface area contributed by atoms with Crippen LogP contribution in [0, 0.1) is 11.6 Å². The Bertz CT molecular complexity index is 1070. The SMILES string of the molecule is CC(C)(C)OC(=O)N1CCCc2ccc(NS(=O)(=O)c3cccc(F)c3F)cc2C1. The zero-order valence-electron chi connectivity index (χ0n) is 17.0. The Morgan fingerprint density at radius 2 is 1.87 bits per heavy atom. The lowest BCUT2D eigenvalue weighted by Crippen LogP contribution is -2.36. The Morgan fingerprint density at radius 1 is 1.13 bits per heavy atom. The second-order valence-corrected chi connectivity index (χ2v) is 9.80. The highest BCUT2D eigenvalue weighted by atomic mass is 32.2. The Balaban J connectivity index is 1.85. The molecule has 1 amide bonds. The van der Waals surface area contributed by atoms with Gasteiger partial charge < -0.3 is 9.64 Å². The molecule has 0 fully saturated rings. The highest BCUT2D eigenvalue weighted by molar-refractivity contribution is 7.92. The topological polar surface area (TPSA) is 75.7 Å². The van der Waals surface area contributed by atoms with Crippen molar-refractivity contribution < 1.29 is 26.7 Å². The molecule has 0 aromatic heterocycles. The Labute approximate surface area is 174 Å². The van der Waals surface area contributed by atoms with E-state index in [9.17, 15) is 22.0 Å². The van der Waals surface area contributed by atoms with E-state index in [1.807, 2.05) is 0 Å². The molecule has 2 aromatic rings. The molecule has 30 heavy (non-hydrogen) atoms. The molecule has 0 radical (unpaired) electrons. The summed E-state index contributed by atoms with van der Waals surface area (Å²) in [5.74, 6) is -2.68. The maximum absolute atomic E-state index is 14.0. The molecule has 0 atom stereocenters. The zero-order valence-corrected chi connectivity index (χ0v) is 17.9. The molecule has 162 valence electrons. The molecule has 1 aliphatic heterocycles. The predicted octanol–water partition coefficient (Wildman–Crippen LogP) is 4.45. The molecule has 2 aromatic carbocycles. The number of sulfonamides is 1. The van der Waals surface area contributed by atoms with Crippen LogP contribution in [0.1, 0.15) is 38.3 Å². The van der Waals surface area contributed by atoms with Crippen LogP contribution in [-0.4, -0.2) is 31.6 Å². The van der Waals surface area contributed by atoms with Gasteiger partial charge in [-0.25, -0.2) is 22.0 Å². The fourth-order valence-electron chi connectivity index (χ4n) is 3.21. The fraction of sp³-hybridized carbons (Fsp3) is 0.381. The summed E-state index contributed by atoms with van der Waals surface area (Å²) in [5, 5.41) is 0. The van der Waals surface area contributed by atoms with Gasteiger partial charge in [0.05, 0.1) is 0 Å². The van der Waals surface area contributed by atoms with Gasteiger partial charge in [-0.15, -0.1) is 0 Å². The van der Waals surface area contributed by atoms with Gasteiger partial charge in [0.15, 0.2) is 11.6 Å². The summed E-state index contributed by atoms with van der Waals surface area (Å²) < 4.78 is 60.2. The van der Waals surface area contributed by atoms with Gasteiger partial charge in [-0.05, 0) is 69.0 Å². The number of hydrogen-bond acceptors (Lipinski definition) is 4. The lowest BCUT2D eigenvalue weighted by molar-refractivity contribution is 0.0237. The van der Waals surface area contributed by atoms with Crippen molar-refractivity contribution in [3.8, 4) is 0 Å². The summed E-state index contributed by atoms with van der Waals surface area (Å²) in [6, 6.07) is 7.91. The number of fused-ring (bicyclic) bond motifs is 1. The van der Waals surface area contributed by atoms with E-state index in [2.05, 4.69) is 4.72 Å². The molecule has 0 bridgehead atoms. The summed E-state index contributed by atoms with van der Waals surface area (Å²) in [7, 11) is -4.33. The predicted molar refractivity (Wildman–Crippen MR) is 109 cm³/mol. The monoisotopic (exact) mass is 438 g/mol. The minimum Gasteiger partial charge on any atom is -0.444 e. The second kappa shape index (κ2) is 8.22. The molecule has 0 saturated carbocycles. The summed E-state index contributed by atoms with van der Waals surface area (Å²) in [5.41, 5.74) is 1.32. The molecular weight excluding hydrogens is 414 g/mol. The van der Waals surface area contributed by atoms with E-state index >= 15 is 0 Å². The quantitative estimate of drug-likeness (QED) is 0.768. The summed E-state index contributed by atoms with van der Waals surface area (Å²) in [4.78, 5) is 13.3. The molecule has 0 spiro atoms. The number of amides is 1. The largest absolute Gasteiger partial charge is 0.444 e. The van der Waals surface area contributed by atoms with Crippen molar-refractivity contribution in [1.29, 1.82) is 0 Å². The first-order chi connectivity index (χ1) is 14.0. The van der Waals surface area contributed by atoms with Crippen LogP contribution >= 0.6 is 0 Å². The molecule has 6 nitrogen and oxygen atoms in total. The minimum absolute atomic E-state index is 0.198. The number of carbonyl (C=O) groups excluding carboxylic acids is 1. The number of halogens is 2. The van der Waals surface area contributed by atoms with E-state index in [0.717, 1.165) is 42.2 Å². The van der Waals surface area contributed by atoms with Gasteiger partial charge in [0.25, 0.3) is 10.0 Å². The number of aryl methyl sites for hydroxylation is 1. The maximum Gasteiger partial charge on any atom is 0.410 e. The number of nitrogens with one attached hydrogen (secondary N) is 1. The Hall–Kier alpha value is -2.68. The van der Waals surface area contributed by atoms with Crippen molar-refractivity contribution >= 4 is 21.8 Å². The van der Waals surface area contributed by atoms with E-state index in [-0.39, 0.29) is 12.2 Å². The van der Waals surface area contributed by atoms with Crippen molar-refractivity contribution in [3.63, 3.8) is 0 Å². The third kappa shape index (κ3) is 5.08. The fourth-order valence-corrected chi connectivity index (χ4v) is 4.35. The maximum atomic E-state index is 14.0. The molecule has 0 unspecified atom stereocenters. The molecule has 1 N–H and O–H groups in total. The molecule has 9 heteroatoms. The number of rotatable bonds is 3. The number of carbonyl (C=O) groups is 1. The van der Waals surface area contributed by atoms with Crippen molar-refractivity contribution in [2.24, 2.45) is 0 Å². The zero-order chi connectivity index (χ0) is 22.1. The standard InChI is InChI=1S/C21H24F2N2O4S/c1-21(2,3)29-20(26)25-11-5-6-14-9-10-16(12-15(14)13-25)24-30(27,28)18-8-4-7-17(22)19(18)23/h4,7-10,12,24H,5-6,11,13H2,1-3H3. The van der Waals surface area contributed by atoms with E-state index in [0.29, 0.717) is 6.54 Å². The van der Waals surface area contributed by atoms with Gasteiger partial charge >= 0.3 is 6.09 Å². The van der Waals surface area contributed by atoms with Crippen molar-refractivity contribution in [2.45, 2.75) is 50.7 Å². The normalized spacial score (nSPS) is 14.6. The first kappa shape index (κ1) is 22.0. The number of benzene rings is 2. The van der Waals surface area contributed by atoms with Crippen LogP contribution < -0.4 is 4.72 Å². The first-order valence-corrected chi connectivity index (χ1v) is 11.0. The highest BCUT2D eigenvalue weighted by Crippen LogP contribution is 2.26. The molecule has 3 rings (SSSR count). The average molecular weight is 438 g/mol.